The maximum atomic E-state index is 14.2. The number of esters is 1. The summed E-state index contributed by atoms with van der Waals surface area (Å²) in [6.45, 7) is 9.73. The van der Waals surface area contributed by atoms with Crippen LogP contribution in [-0.4, -0.2) is 144 Å². The Labute approximate surface area is 439 Å². The number of alkyl carbamates (subject to hydrolysis) is 1. The molecule has 4 aromatic rings. The van der Waals surface area contributed by atoms with Crippen molar-refractivity contribution >= 4 is 59.0 Å². The molecule has 3 aliphatic rings. The number of carbonyl (C=O) groups excluding carboxylic acids is 7. The Bertz CT molecular complexity index is 2770. The first-order chi connectivity index (χ1) is 36.7. The summed E-state index contributed by atoms with van der Waals surface area (Å²) < 4.78 is 42.9. The summed E-state index contributed by atoms with van der Waals surface area (Å²) >= 11 is 0. The Morgan fingerprint density at radius 1 is 0.908 bits per heavy atom. The van der Waals surface area contributed by atoms with Gasteiger partial charge in [0, 0.05) is 63.7 Å². The molecule has 406 valence electrons. The fourth-order valence-corrected chi connectivity index (χ4v) is 8.74. The number of nitrogens with zero attached hydrogens (tertiary/aromatic N) is 6. The molecule has 24 heteroatoms. The lowest BCUT2D eigenvalue weighted by Crippen LogP contribution is -2.54. The van der Waals surface area contributed by atoms with Gasteiger partial charge in [0.05, 0.1) is 43.8 Å². The lowest BCUT2D eigenvalue weighted by atomic mass is 10.1. The van der Waals surface area contributed by atoms with Crippen molar-refractivity contribution in [2.24, 2.45) is 14.1 Å². The Morgan fingerprint density at radius 3 is 2.42 bits per heavy atom. The number of nitrogens with one attached hydrogen (secondary N) is 4. The topological polar surface area (TPSA) is 274 Å². The van der Waals surface area contributed by atoms with Gasteiger partial charge in [0.2, 0.25) is 5.91 Å². The van der Waals surface area contributed by atoms with Gasteiger partial charge in [-0.05, 0) is 82.2 Å². The van der Waals surface area contributed by atoms with Crippen LogP contribution in [0.5, 0.6) is 11.5 Å². The molecule has 2 aromatic carbocycles. The van der Waals surface area contributed by atoms with Crippen molar-refractivity contribution in [2.75, 3.05) is 68.8 Å². The maximum Gasteiger partial charge on any atom is 0.416 e. The molecule has 4 N–H and O–H groups in total. The number of hydrogen-bond acceptors (Lipinski definition) is 16. The number of hydrogen-bond donors (Lipinski definition) is 4. The van der Waals surface area contributed by atoms with E-state index in [1.54, 1.807) is 59.1 Å². The minimum atomic E-state index is -0.940. The SMILES string of the molecule is C=CCOC(=O)N[C@@H](C)C(=O)OCCCNC(=O)c1cnc(C(=O)Nc2ccc(-c3nc(NC(=O)CCCOc4cc5c(cc4OC)C(=O)N4CCC[C@H]4C(OC4CCCCO4)N5C(=O)OCC=C)cn3C)cc2)n1C. The molecule has 5 heterocycles. The monoisotopic (exact) mass is 1050 g/mol. The highest BCUT2D eigenvalue weighted by molar-refractivity contribution is 6.06. The molecule has 2 saturated heterocycles. The standard InChI is InChI=1S/C52H64N10O14/c1-7-23-74-51(68)55-32(3)50(67)73-27-13-21-53-46(64)38-30-54-45(60(38)5)47(65)56-34-19-17-33(18-20-34)44-58-41(31-59(44)4)57-42(63)15-12-26-71-40-29-37-35(28-39(40)70-6)48(66)61-22-11-14-36(61)49(62(37)52(69)75-24-8-2)76-43-16-9-10-25-72-43/h7-8,17-20,28-32,36,43,49H,1-2,9-16,21-27H2,3-6H3,(H,53,64)(H,55,68)(H,56,65)(H,57,63)/t32-,36-,43?,49?/m0/s1. The van der Waals surface area contributed by atoms with Crippen molar-refractivity contribution in [1.29, 1.82) is 0 Å². The number of amides is 6. The van der Waals surface area contributed by atoms with Gasteiger partial charge in [0.1, 0.15) is 30.8 Å². The van der Waals surface area contributed by atoms with Gasteiger partial charge in [-0.2, -0.15) is 0 Å². The number of ether oxygens (including phenoxy) is 7. The zero-order valence-electron chi connectivity index (χ0n) is 43.0. The van der Waals surface area contributed by atoms with E-state index in [0.29, 0.717) is 48.9 Å². The summed E-state index contributed by atoms with van der Waals surface area (Å²) in [5, 5.41) is 10.7. The summed E-state index contributed by atoms with van der Waals surface area (Å²) in [6.07, 6.45) is 7.23. The van der Waals surface area contributed by atoms with E-state index in [4.69, 9.17) is 33.2 Å². The van der Waals surface area contributed by atoms with Crippen molar-refractivity contribution in [2.45, 2.75) is 82.9 Å². The summed E-state index contributed by atoms with van der Waals surface area (Å²) in [6, 6.07) is 8.60. The summed E-state index contributed by atoms with van der Waals surface area (Å²) in [5.74, 6) is -0.955. The van der Waals surface area contributed by atoms with E-state index in [1.807, 2.05) is 0 Å². The second-order valence-electron chi connectivity index (χ2n) is 17.9. The van der Waals surface area contributed by atoms with Crippen molar-refractivity contribution in [3.05, 3.63) is 91.2 Å². The van der Waals surface area contributed by atoms with E-state index in [-0.39, 0.29) is 98.3 Å². The third-order valence-corrected chi connectivity index (χ3v) is 12.5. The highest BCUT2D eigenvalue weighted by Gasteiger charge is 2.48. The van der Waals surface area contributed by atoms with Gasteiger partial charge in [-0.25, -0.2) is 29.3 Å². The number of fused-ring (bicyclic) bond motifs is 2. The van der Waals surface area contributed by atoms with Crippen LogP contribution in [0, 0.1) is 0 Å². The van der Waals surface area contributed by atoms with Crippen molar-refractivity contribution < 1.29 is 66.7 Å². The van der Waals surface area contributed by atoms with Crippen LogP contribution in [0.4, 0.5) is 26.8 Å². The lowest BCUT2D eigenvalue weighted by molar-refractivity contribution is -0.195. The predicted octanol–water partition coefficient (Wildman–Crippen LogP) is 5.46. The van der Waals surface area contributed by atoms with Crippen molar-refractivity contribution in [3.8, 4) is 22.9 Å². The average Bonchev–Trinajstić information content (AvgIpc) is 4.18. The maximum absolute atomic E-state index is 14.2. The van der Waals surface area contributed by atoms with E-state index in [2.05, 4.69) is 44.4 Å². The molecule has 0 bridgehead atoms. The summed E-state index contributed by atoms with van der Waals surface area (Å²) in [7, 11) is 4.77. The van der Waals surface area contributed by atoms with E-state index in [1.165, 1.54) is 48.9 Å². The second kappa shape index (κ2) is 26.3. The number of aromatic nitrogens is 4. The van der Waals surface area contributed by atoms with Crippen LogP contribution in [-0.2, 0) is 47.4 Å². The van der Waals surface area contributed by atoms with Crippen molar-refractivity contribution in [1.82, 2.24) is 34.6 Å². The highest BCUT2D eigenvalue weighted by atomic mass is 16.7. The minimum absolute atomic E-state index is 0.00495. The summed E-state index contributed by atoms with van der Waals surface area (Å²) in [4.78, 5) is 103. The number of aryl methyl sites for hydroxylation is 1. The molecular formula is C52H64N10O14. The molecule has 0 saturated carbocycles. The van der Waals surface area contributed by atoms with Crippen LogP contribution in [0.3, 0.4) is 0 Å². The smallest absolute Gasteiger partial charge is 0.416 e. The van der Waals surface area contributed by atoms with Crippen LogP contribution in [0.15, 0.2) is 74.1 Å². The first-order valence-electron chi connectivity index (χ1n) is 25.0. The van der Waals surface area contributed by atoms with E-state index in [9.17, 15) is 33.6 Å². The van der Waals surface area contributed by atoms with E-state index in [0.717, 1.165) is 19.3 Å². The molecule has 4 atom stereocenters. The predicted molar refractivity (Wildman–Crippen MR) is 275 cm³/mol. The zero-order chi connectivity index (χ0) is 54.3. The number of benzene rings is 2. The largest absolute Gasteiger partial charge is 0.493 e. The molecule has 2 unspecified atom stereocenters. The van der Waals surface area contributed by atoms with E-state index < -0.39 is 54.6 Å². The number of carbonyl (C=O) groups is 7. The minimum Gasteiger partial charge on any atom is -0.493 e. The first kappa shape index (κ1) is 55.5. The normalized spacial score (nSPS) is 17.2. The highest BCUT2D eigenvalue weighted by Crippen LogP contribution is 2.43. The third kappa shape index (κ3) is 13.7. The molecule has 3 aliphatic heterocycles. The Hall–Kier alpha value is -8.25. The van der Waals surface area contributed by atoms with Crippen LogP contribution in [0.25, 0.3) is 11.4 Å². The van der Waals surface area contributed by atoms with Crippen LogP contribution < -0.4 is 35.6 Å². The van der Waals surface area contributed by atoms with Crippen LogP contribution >= 0.6 is 0 Å². The number of methoxy groups -OCH3 is 1. The van der Waals surface area contributed by atoms with Gasteiger partial charge in [0.25, 0.3) is 17.7 Å². The Morgan fingerprint density at radius 2 is 1.68 bits per heavy atom. The molecule has 0 radical (unpaired) electrons. The Balaban J connectivity index is 0.898. The summed E-state index contributed by atoms with van der Waals surface area (Å²) in [5.41, 5.74) is 1.73. The van der Waals surface area contributed by atoms with Crippen molar-refractivity contribution in [3.63, 3.8) is 0 Å². The fraction of sp³-hybridized carbons (Fsp3) is 0.442. The molecule has 7 rings (SSSR count). The number of anilines is 3. The lowest BCUT2D eigenvalue weighted by Gasteiger charge is -2.38. The van der Waals surface area contributed by atoms with Gasteiger partial charge in [0.15, 0.2) is 35.7 Å². The molecule has 0 spiro atoms. The molecule has 24 nitrogen and oxygen atoms in total. The quantitative estimate of drug-likeness (QED) is 0.0311. The van der Waals surface area contributed by atoms with Gasteiger partial charge >= 0.3 is 18.2 Å². The van der Waals surface area contributed by atoms with Gasteiger partial charge in [-0.1, -0.05) is 25.3 Å². The first-order valence-corrected chi connectivity index (χ1v) is 25.0. The van der Waals surface area contributed by atoms with Gasteiger partial charge in [-0.15, -0.1) is 0 Å². The number of rotatable bonds is 23. The second-order valence-corrected chi connectivity index (χ2v) is 17.9. The molecular weight excluding hydrogens is 989 g/mol. The molecule has 2 fully saturated rings. The third-order valence-electron chi connectivity index (χ3n) is 12.5. The fourth-order valence-electron chi connectivity index (χ4n) is 8.74. The van der Waals surface area contributed by atoms with Gasteiger partial charge < -0.3 is 68.5 Å². The average molecular weight is 1050 g/mol. The number of imidazole rings is 2. The molecule has 2 aromatic heterocycles. The molecule has 6 amide bonds. The molecule has 0 aliphatic carbocycles. The van der Waals surface area contributed by atoms with Crippen LogP contribution in [0.2, 0.25) is 0 Å². The van der Waals surface area contributed by atoms with Gasteiger partial charge in [-0.3, -0.25) is 19.2 Å². The van der Waals surface area contributed by atoms with Crippen LogP contribution in [0.1, 0.15) is 89.8 Å². The Kier molecular flexibility index (Phi) is 19.2. The van der Waals surface area contributed by atoms with E-state index >= 15 is 0 Å². The zero-order valence-corrected chi connectivity index (χ0v) is 43.0. The molecule has 76 heavy (non-hydrogen) atoms.